The van der Waals surface area contributed by atoms with Crippen LogP contribution in [0, 0.1) is 5.82 Å². The van der Waals surface area contributed by atoms with Crippen molar-refractivity contribution in [3.05, 3.63) is 83.7 Å². The molecule has 0 atom stereocenters. The lowest BCUT2D eigenvalue weighted by molar-refractivity contribution is -0.192. The summed E-state index contributed by atoms with van der Waals surface area (Å²) in [6.45, 7) is 2.60. The van der Waals surface area contributed by atoms with Gasteiger partial charge in [0.2, 0.25) is 0 Å². The Hall–Kier alpha value is -4.81. The average Bonchev–Trinajstić information content (AvgIpc) is 2.93. The summed E-state index contributed by atoms with van der Waals surface area (Å²) in [4.78, 5) is 37.5. The van der Waals surface area contributed by atoms with E-state index < -0.39 is 18.1 Å². The van der Waals surface area contributed by atoms with E-state index in [4.69, 9.17) is 14.6 Å². The number of aromatic carboxylic acids is 1. The minimum Gasteiger partial charge on any atom is -0.497 e. The molecule has 1 fully saturated rings. The highest BCUT2D eigenvalue weighted by Gasteiger charge is 2.38. The molecule has 0 saturated carbocycles. The molecule has 40 heavy (non-hydrogen) atoms. The Labute approximate surface area is 226 Å². The molecule has 3 N–H and O–H groups in total. The first kappa shape index (κ1) is 29.7. The van der Waals surface area contributed by atoms with Gasteiger partial charge in [-0.2, -0.15) is 13.2 Å². The number of aliphatic carboxylic acids is 1. The van der Waals surface area contributed by atoms with Crippen molar-refractivity contribution in [1.29, 1.82) is 0 Å². The van der Waals surface area contributed by atoms with E-state index in [1.807, 2.05) is 4.90 Å². The number of carboxylic acid groups (broad SMARTS) is 2. The summed E-state index contributed by atoms with van der Waals surface area (Å²) in [5.74, 6) is -3.79. The molecule has 0 radical (unpaired) electrons. The molecular formula is C27H25F4N3O6. The summed E-state index contributed by atoms with van der Waals surface area (Å²) < 4.78 is 50.0. The summed E-state index contributed by atoms with van der Waals surface area (Å²) in [5, 5.41) is 19.7. The number of methoxy groups -OCH3 is 1. The molecule has 0 aliphatic carbocycles. The van der Waals surface area contributed by atoms with Crippen molar-refractivity contribution in [3.63, 3.8) is 0 Å². The van der Waals surface area contributed by atoms with Gasteiger partial charge in [0.25, 0.3) is 5.91 Å². The quantitative estimate of drug-likeness (QED) is 0.368. The van der Waals surface area contributed by atoms with Crippen molar-refractivity contribution in [2.75, 3.05) is 48.4 Å². The number of carbonyl (C=O) groups excluding carboxylic acids is 1. The molecule has 3 aromatic carbocycles. The van der Waals surface area contributed by atoms with Crippen molar-refractivity contribution >= 4 is 34.9 Å². The van der Waals surface area contributed by atoms with Gasteiger partial charge in [0.1, 0.15) is 11.6 Å². The van der Waals surface area contributed by atoms with Crippen LogP contribution in [0.2, 0.25) is 0 Å². The molecule has 4 rings (SSSR count). The number of carboxylic acids is 2. The van der Waals surface area contributed by atoms with Crippen molar-refractivity contribution in [3.8, 4) is 5.75 Å². The molecule has 0 unspecified atom stereocenters. The molecule has 1 aliphatic rings. The average molecular weight is 564 g/mol. The number of hydrogen-bond donors (Lipinski definition) is 3. The monoisotopic (exact) mass is 563 g/mol. The van der Waals surface area contributed by atoms with E-state index in [2.05, 4.69) is 10.2 Å². The summed E-state index contributed by atoms with van der Waals surface area (Å²) in [6, 6.07) is 17.9. The van der Waals surface area contributed by atoms with Crippen LogP contribution in [0.15, 0.2) is 66.7 Å². The number of amides is 1. The van der Waals surface area contributed by atoms with Gasteiger partial charge in [-0.3, -0.25) is 4.79 Å². The highest BCUT2D eigenvalue weighted by Crippen LogP contribution is 2.27. The van der Waals surface area contributed by atoms with E-state index in [0.29, 0.717) is 48.9 Å². The smallest absolute Gasteiger partial charge is 0.490 e. The fraction of sp³-hybridized carbons (Fsp3) is 0.222. The number of benzene rings is 3. The van der Waals surface area contributed by atoms with E-state index in [1.54, 1.807) is 55.6 Å². The molecule has 0 aromatic heterocycles. The molecule has 1 amide bonds. The zero-order chi connectivity index (χ0) is 29.4. The predicted molar refractivity (Wildman–Crippen MR) is 139 cm³/mol. The SMILES string of the molecule is COc1ccc(C(=O)Nc2ccc(N3CCN(c4ccc(F)cc4)CC3)c(C(=O)O)c2)cc1.O=C(O)C(F)(F)F. The molecule has 9 nitrogen and oxygen atoms in total. The highest BCUT2D eigenvalue weighted by atomic mass is 19.4. The van der Waals surface area contributed by atoms with Gasteiger partial charge >= 0.3 is 18.1 Å². The Morgan fingerprint density at radius 1 is 0.850 bits per heavy atom. The number of piperazine rings is 1. The van der Waals surface area contributed by atoms with Crippen molar-refractivity contribution in [2.24, 2.45) is 0 Å². The Kier molecular flexibility index (Phi) is 9.54. The van der Waals surface area contributed by atoms with Crippen molar-refractivity contribution in [1.82, 2.24) is 0 Å². The zero-order valence-electron chi connectivity index (χ0n) is 21.1. The minimum atomic E-state index is -5.08. The fourth-order valence-corrected chi connectivity index (χ4v) is 3.86. The lowest BCUT2D eigenvalue weighted by Gasteiger charge is -2.38. The van der Waals surface area contributed by atoms with Gasteiger partial charge in [0.05, 0.1) is 18.4 Å². The van der Waals surface area contributed by atoms with Crippen LogP contribution in [-0.2, 0) is 4.79 Å². The number of nitrogens with one attached hydrogen (secondary N) is 1. The summed E-state index contributed by atoms with van der Waals surface area (Å²) in [5.41, 5.74) is 2.50. The Bertz CT molecular complexity index is 1340. The second-order valence-corrected chi connectivity index (χ2v) is 8.47. The van der Waals surface area contributed by atoms with Crippen LogP contribution in [0.4, 0.5) is 34.6 Å². The lowest BCUT2D eigenvalue weighted by atomic mass is 10.1. The molecule has 212 valence electrons. The van der Waals surface area contributed by atoms with Gasteiger partial charge in [-0.15, -0.1) is 0 Å². The van der Waals surface area contributed by atoms with Crippen LogP contribution in [-0.4, -0.2) is 67.5 Å². The first-order valence-electron chi connectivity index (χ1n) is 11.8. The largest absolute Gasteiger partial charge is 0.497 e. The van der Waals surface area contributed by atoms with Crippen LogP contribution < -0.4 is 19.9 Å². The minimum absolute atomic E-state index is 0.123. The molecule has 1 aliphatic heterocycles. The molecule has 0 spiro atoms. The van der Waals surface area contributed by atoms with E-state index in [9.17, 15) is 32.3 Å². The Morgan fingerprint density at radius 3 is 1.90 bits per heavy atom. The van der Waals surface area contributed by atoms with Gasteiger partial charge < -0.3 is 30.1 Å². The normalized spacial score (nSPS) is 13.1. The van der Waals surface area contributed by atoms with E-state index in [1.165, 1.54) is 18.2 Å². The first-order valence-corrected chi connectivity index (χ1v) is 11.8. The summed E-state index contributed by atoms with van der Waals surface area (Å²) >= 11 is 0. The third-order valence-corrected chi connectivity index (χ3v) is 5.89. The van der Waals surface area contributed by atoms with Gasteiger partial charge in [-0.1, -0.05) is 0 Å². The summed E-state index contributed by atoms with van der Waals surface area (Å²) in [7, 11) is 1.55. The first-order chi connectivity index (χ1) is 18.9. The number of carbonyl (C=O) groups is 3. The van der Waals surface area contributed by atoms with Crippen molar-refractivity contribution < 1.29 is 46.9 Å². The number of alkyl halides is 3. The van der Waals surface area contributed by atoms with E-state index >= 15 is 0 Å². The van der Waals surface area contributed by atoms with E-state index in [0.717, 1.165) is 5.69 Å². The maximum absolute atomic E-state index is 13.2. The standard InChI is InChI=1S/C25H24FN3O4.C2HF3O2/c1-33-21-9-2-17(3-10-21)24(30)27-19-6-11-23(22(16-19)25(31)32)29-14-12-28(13-15-29)20-7-4-18(26)5-8-20;3-2(4,5)1(6)7/h2-11,16H,12-15H2,1H3,(H,27,30)(H,31,32);(H,6,7). The highest BCUT2D eigenvalue weighted by molar-refractivity contribution is 6.05. The molecule has 3 aromatic rings. The van der Waals surface area contributed by atoms with Gasteiger partial charge in [0, 0.05) is 43.1 Å². The molecule has 0 bridgehead atoms. The lowest BCUT2D eigenvalue weighted by Crippen LogP contribution is -2.47. The van der Waals surface area contributed by atoms with Gasteiger partial charge in [0.15, 0.2) is 0 Å². The Balaban J connectivity index is 0.000000559. The zero-order valence-corrected chi connectivity index (χ0v) is 21.1. The van der Waals surface area contributed by atoms with Crippen LogP contribution in [0.1, 0.15) is 20.7 Å². The third-order valence-electron chi connectivity index (χ3n) is 5.89. The third kappa shape index (κ3) is 7.85. The molecule has 1 saturated heterocycles. The molecule has 1 heterocycles. The van der Waals surface area contributed by atoms with Gasteiger partial charge in [-0.25, -0.2) is 14.0 Å². The second kappa shape index (κ2) is 12.8. The maximum atomic E-state index is 13.2. The number of hydrogen-bond acceptors (Lipinski definition) is 6. The van der Waals surface area contributed by atoms with Crippen LogP contribution in [0.3, 0.4) is 0 Å². The fourth-order valence-electron chi connectivity index (χ4n) is 3.86. The van der Waals surface area contributed by atoms with Gasteiger partial charge in [-0.05, 0) is 66.7 Å². The number of ether oxygens (including phenoxy) is 1. The molecule has 13 heteroatoms. The molecular weight excluding hydrogens is 538 g/mol. The van der Waals surface area contributed by atoms with Crippen LogP contribution in [0.25, 0.3) is 0 Å². The van der Waals surface area contributed by atoms with E-state index in [-0.39, 0.29) is 17.3 Å². The number of rotatable bonds is 6. The van der Waals surface area contributed by atoms with Crippen LogP contribution in [0.5, 0.6) is 5.75 Å². The predicted octanol–water partition coefficient (Wildman–Crippen LogP) is 4.74. The van der Waals surface area contributed by atoms with Crippen LogP contribution >= 0.6 is 0 Å². The number of anilines is 3. The number of nitrogens with zero attached hydrogens (tertiary/aromatic N) is 2. The summed E-state index contributed by atoms with van der Waals surface area (Å²) in [6.07, 6.45) is -5.08. The maximum Gasteiger partial charge on any atom is 0.490 e. The second-order valence-electron chi connectivity index (χ2n) is 8.47. The topological polar surface area (TPSA) is 119 Å². The number of halogens is 4. The van der Waals surface area contributed by atoms with Crippen molar-refractivity contribution in [2.45, 2.75) is 6.18 Å². The Morgan fingerprint density at radius 2 is 1.40 bits per heavy atom.